The number of carboxylic acid groups (broad SMARTS) is 1. The smallest absolute Gasteiger partial charge is 0.352 e. The van der Waals surface area contributed by atoms with Gasteiger partial charge in [-0.25, -0.2) is 14.6 Å². The molecule has 2 aromatic heterocycles. The highest BCUT2D eigenvalue weighted by atomic mass is 32.1. The summed E-state index contributed by atoms with van der Waals surface area (Å²) >= 11 is 1.33. The SMILES string of the molecule is COC(=O)C=Cc1ncn2cc(C3=C(C(=O)O)N4C(=O)[C@H]([C@@H](C)O)[C@H]4[C@H]3C)sc12. The normalized spacial score (nSPS) is 24.9. The molecule has 1 amide bonds. The molecule has 0 aliphatic carbocycles. The molecular formula is C19H19N3O6S. The van der Waals surface area contributed by atoms with Crippen LogP contribution in [0.2, 0.25) is 0 Å². The van der Waals surface area contributed by atoms with Crippen molar-refractivity contribution in [1.82, 2.24) is 14.3 Å². The van der Waals surface area contributed by atoms with E-state index >= 15 is 0 Å². The van der Waals surface area contributed by atoms with Gasteiger partial charge < -0.3 is 19.8 Å². The van der Waals surface area contributed by atoms with Crippen LogP contribution < -0.4 is 0 Å². The van der Waals surface area contributed by atoms with Crippen LogP contribution in [0.5, 0.6) is 0 Å². The number of hydrogen-bond acceptors (Lipinski definition) is 7. The summed E-state index contributed by atoms with van der Waals surface area (Å²) in [6.07, 6.45) is 5.29. The summed E-state index contributed by atoms with van der Waals surface area (Å²) in [5, 5.41) is 19.8. The molecule has 9 nitrogen and oxygen atoms in total. The van der Waals surface area contributed by atoms with E-state index in [4.69, 9.17) is 0 Å². The van der Waals surface area contributed by atoms with Crippen LogP contribution in [0, 0.1) is 11.8 Å². The van der Waals surface area contributed by atoms with E-state index in [-0.39, 0.29) is 23.6 Å². The average molecular weight is 417 g/mol. The average Bonchev–Trinajstić information content (AvgIpc) is 3.29. The Morgan fingerprint density at radius 1 is 1.41 bits per heavy atom. The molecule has 1 saturated heterocycles. The van der Waals surface area contributed by atoms with Gasteiger partial charge in [0.2, 0.25) is 5.91 Å². The maximum atomic E-state index is 12.5. The molecule has 29 heavy (non-hydrogen) atoms. The van der Waals surface area contributed by atoms with Crippen LogP contribution in [0.4, 0.5) is 0 Å². The fourth-order valence-electron chi connectivity index (χ4n) is 4.17. The lowest BCUT2D eigenvalue weighted by atomic mass is 9.77. The van der Waals surface area contributed by atoms with Gasteiger partial charge in [0.25, 0.3) is 0 Å². The third-order valence-electron chi connectivity index (χ3n) is 5.46. The largest absolute Gasteiger partial charge is 0.477 e. The Morgan fingerprint density at radius 3 is 2.76 bits per heavy atom. The van der Waals surface area contributed by atoms with Gasteiger partial charge in [0.15, 0.2) is 0 Å². The second-order valence-corrected chi connectivity index (χ2v) is 8.15. The number of fused-ring (bicyclic) bond motifs is 2. The number of aromatic nitrogens is 2. The molecule has 0 spiro atoms. The summed E-state index contributed by atoms with van der Waals surface area (Å²) in [5.74, 6) is -2.90. The molecule has 2 aromatic rings. The van der Waals surface area contributed by atoms with Gasteiger partial charge in [-0.05, 0) is 13.0 Å². The second-order valence-electron chi connectivity index (χ2n) is 7.12. The molecule has 4 rings (SSSR count). The van der Waals surface area contributed by atoms with Gasteiger partial charge in [0.05, 0.1) is 35.7 Å². The van der Waals surface area contributed by atoms with E-state index in [0.29, 0.717) is 16.1 Å². The van der Waals surface area contributed by atoms with Gasteiger partial charge in [0.1, 0.15) is 16.9 Å². The molecule has 1 fully saturated rings. The van der Waals surface area contributed by atoms with Crippen LogP contribution in [0.1, 0.15) is 24.4 Å². The van der Waals surface area contributed by atoms with Crippen LogP contribution in [0.15, 0.2) is 24.3 Å². The first kappa shape index (κ1) is 19.3. The van der Waals surface area contributed by atoms with Crippen molar-refractivity contribution < 1.29 is 29.3 Å². The Morgan fingerprint density at radius 2 is 2.14 bits per heavy atom. The van der Waals surface area contributed by atoms with Gasteiger partial charge in [-0.3, -0.25) is 9.20 Å². The number of amides is 1. The van der Waals surface area contributed by atoms with Crippen LogP contribution >= 0.6 is 11.3 Å². The van der Waals surface area contributed by atoms with Crippen molar-refractivity contribution in [2.24, 2.45) is 11.8 Å². The van der Waals surface area contributed by atoms with Crippen LogP contribution in [-0.4, -0.2) is 61.6 Å². The number of imidazole rings is 1. The topological polar surface area (TPSA) is 121 Å². The van der Waals surface area contributed by atoms with Crippen LogP contribution in [0.3, 0.4) is 0 Å². The van der Waals surface area contributed by atoms with Crippen molar-refractivity contribution in [2.75, 3.05) is 7.11 Å². The number of β-lactam (4-membered cyclic amide) rings is 1. The summed E-state index contributed by atoms with van der Waals surface area (Å²) in [5.41, 5.74) is 1.08. The van der Waals surface area contributed by atoms with Crippen LogP contribution in [0.25, 0.3) is 16.5 Å². The molecule has 10 heteroatoms. The molecule has 0 aromatic carbocycles. The molecule has 2 N–H and O–H groups in total. The molecule has 0 bridgehead atoms. The quantitative estimate of drug-likeness (QED) is 0.426. The molecule has 4 atom stereocenters. The lowest BCUT2D eigenvalue weighted by molar-refractivity contribution is -0.163. The first-order chi connectivity index (χ1) is 13.8. The summed E-state index contributed by atoms with van der Waals surface area (Å²) in [6.45, 7) is 3.42. The van der Waals surface area contributed by atoms with E-state index in [1.165, 1.54) is 35.5 Å². The summed E-state index contributed by atoms with van der Waals surface area (Å²) in [6, 6.07) is -0.373. The predicted octanol–water partition coefficient (Wildman–Crippen LogP) is 1.24. The molecule has 2 aliphatic heterocycles. The van der Waals surface area contributed by atoms with Crippen molar-refractivity contribution in [3.63, 3.8) is 0 Å². The van der Waals surface area contributed by atoms with Crippen molar-refractivity contribution >= 4 is 45.7 Å². The number of aliphatic hydroxyl groups excluding tert-OH is 1. The molecular weight excluding hydrogens is 398 g/mol. The van der Waals surface area contributed by atoms with Crippen LogP contribution in [-0.2, 0) is 19.1 Å². The maximum absolute atomic E-state index is 12.5. The Kier molecular flexibility index (Phi) is 4.55. The van der Waals surface area contributed by atoms with E-state index in [1.54, 1.807) is 23.8 Å². The molecule has 2 aliphatic rings. The van der Waals surface area contributed by atoms with Gasteiger partial charge in [-0.15, -0.1) is 11.3 Å². The van der Waals surface area contributed by atoms with E-state index in [2.05, 4.69) is 9.72 Å². The van der Waals surface area contributed by atoms with Crippen molar-refractivity contribution in [3.8, 4) is 0 Å². The van der Waals surface area contributed by atoms with E-state index in [9.17, 15) is 24.6 Å². The second kappa shape index (κ2) is 6.82. The number of thiazole rings is 1. The van der Waals surface area contributed by atoms with E-state index in [0.717, 1.165) is 4.83 Å². The third-order valence-corrected chi connectivity index (χ3v) is 6.61. The Bertz CT molecular complexity index is 1090. The minimum atomic E-state index is -1.17. The zero-order chi connectivity index (χ0) is 21.0. The van der Waals surface area contributed by atoms with Gasteiger partial charge in [-0.2, -0.15) is 0 Å². The Labute approximate surface area is 169 Å². The third kappa shape index (κ3) is 2.78. The van der Waals surface area contributed by atoms with Crippen molar-refractivity contribution in [1.29, 1.82) is 0 Å². The van der Waals surface area contributed by atoms with E-state index in [1.807, 2.05) is 6.92 Å². The highest BCUT2D eigenvalue weighted by Gasteiger charge is 2.60. The minimum Gasteiger partial charge on any atom is -0.477 e. The monoisotopic (exact) mass is 417 g/mol. The fraction of sp³-hybridized carbons (Fsp3) is 0.368. The van der Waals surface area contributed by atoms with Gasteiger partial charge >= 0.3 is 11.9 Å². The molecule has 4 heterocycles. The fourth-order valence-corrected chi connectivity index (χ4v) is 5.36. The highest BCUT2D eigenvalue weighted by Crippen LogP contribution is 2.51. The molecule has 0 saturated carbocycles. The number of carbonyl (C=O) groups excluding carboxylic acids is 2. The maximum Gasteiger partial charge on any atom is 0.352 e. The number of carboxylic acids is 1. The number of nitrogens with zero attached hydrogens (tertiary/aromatic N) is 3. The lowest BCUT2D eigenvalue weighted by Crippen LogP contribution is -2.63. The number of esters is 1. The van der Waals surface area contributed by atoms with Gasteiger partial charge in [0, 0.05) is 23.8 Å². The number of aliphatic hydroxyl groups is 1. The number of ether oxygens (including phenoxy) is 1. The number of hydrogen-bond donors (Lipinski definition) is 2. The first-order valence-corrected chi connectivity index (χ1v) is 9.79. The highest BCUT2D eigenvalue weighted by molar-refractivity contribution is 7.18. The number of rotatable bonds is 5. The number of methoxy groups -OCH3 is 1. The summed E-state index contributed by atoms with van der Waals surface area (Å²) in [4.78, 5) is 42.8. The minimum absolute atomic E-state index is 0.0338. The van der Waals surface area contributed by atoms with E-state index < -0.39 is 24.0 Å². The Balaban J connectivity index is 1.78. The first-order valence-electron chi connectivity index (χ1n) is 8.97. The predicted molar refractivity (Wildman–Crippen MR) is 104 cm³/mol. The number of aliphatic carboxylic acids is 1. The summed E-state index contributed by atoms with van der Waals surface area (Å²) < 4.78 is 6.33. The molecule has 0 unspecified atom stereocenters. The lowest BCUT2D eigenvalue weighted by Gasteiger charge is -2.46. The molecule has 152 valence electrons. The van der Waals surface area contributed by atoms with Crippen molar-refractivity contribution in [3.05, 3.63) is 34.9 Å². The molecule has 0 radical (unpaired) electrons. The Hall–Kier alpha value is -2.98. The summed E-state index contributed by atoms with van der Waals surface area (Å²) in [7, 11) is 1.28. The number of carbonyl (C=O) groups is 3. The zero-order valence-corrected chi connectivity index (χ0v) is 16.7. The van der Waals surface area contributed by atoms with Gasteiger partial charge in [-0.1, -0.05) is 6.92 Å². The zero-order valence-electron chi connectivity index (χ0n) is 15.9. The standard InChI is InChI=1S/C19H19N3O6S/c1-8-13(16(19(26)27)22-15(8)14(9(2)23)17(22)25)11-6-21-7-20-10(18(21)29-11)4-5-12(24)28-3/h4-9,14-15,23H,1-3H3,(H,26,27)/t8-,9+,14+,15+/m0/s1. The van der Waals surface area contributed by atoms with Crippen molar-refractivity contribution in [2.45, 2.75) is 26.0 Å².